The highest BCUT2D eigenvalue weighted by Crippen LogP contribution is 2.33. The van der Waals surface area contributed by atoms with Crippen LogP contribution in [0.4, 0.5) is 0 Å². The maximum Gasteiger partial charge on any atom is 0.337 e. The monoisotopic (exact) mass is 315 g/mol. The van der Waals surface area contributed by atoms with Gasteiger partial charge in [0.2, 0.25) is 0 Å². The summed E-state index contributed by atoms with van der Waals surface area (Å²) in [5.41, 5.74) is 1.20. The van der Waals surface area contributed by atoms with Gasteiger partial charge in [-0.05, 0) is 51.5 Å². The molecule has 0 amide bonds. The van der Waals surface area contributed by atoms with E-state index < -0.39 is 17.6 Å². The van der Waals surface area contributed by atoms with Gasteiger partial charge >= 0.3 is 5.97 Å². The van der Waals surface area contributed by atoms with Crippen molar-refractivity contribution in [3.05, 3.63) is 30.0 Å². The Labute approximate surface area is 135 Å². The van der Waals surface area contributed by atoms with Crippen molar-refractivity contribution in [2.45, 2.75) is 45.3 Å². The highest BCUT2D eigenvalue weighted by molar-refractivity contribution is 6.04. The third kappa shape index (κ3) is 2.83. The first-order valence-corrected chi connectivity index (χ1v) is 7.73. The molecule has 0 saturated carbocycles. The molecule has 0 spiro atoms. The molecule has 0 aliphatic carbocycles. The zero-order valence-corrected chi connectivity index (χ0v) is 13.9. The molecule has 0 fully saturated rings. The summed E-state index contributed by atoms with van der Waals surface area (Å²) in [4.78, 5) is 25.0. The number of aryl methyl sites for hydroxylation is 1. The number of Topliss-reactive ketones (excluding diaryl/α,β-unsaturated/α-hetero) is 1. The summed E-state index contributed by atoms with van der Waals surface area (Å²) in [6, 6.07) is 6.75. The lowest BCUT2D eigenvalue weighted by Crippen LogP contribution is -2.37. The molecule has 2 heterocycles. The molecule has 23 heavy (non-hydrogen) atoms. The van der Waals surface area contributed by atoms with Crippen molar-refractivity contribution >= 4 is 22.7 Å². The van der Waals surface area contributed by atoms with Crippen LogP contribution in [0.3, 0.4) is 0 Å². The Kier molecular flexibility index (Phi) is 3.66. The maximum absolute atomic E-state index is 12.6. The third-order valence-electron chi connectivity index (χ3n) is 3.95. The molecule has 3 rings (SSSR count). The van der Waals surface area contributed by atoms with Gasteiger partial charge in [0.1, 0.15) is 11.4 Å². The number of ketones is 1. The smallest absolute Gasteiger partial charge is 0.337 e. The van der Waals surface area contributed by atoms with Gasteiger partial charge in [-0.2, -0.15) is 0 Å². The van der Waals surface area contributed by atoms with Crippen molar-refractivity contribution in [3.63, 3.8) is 0 Å². The molecule has 1 aliphatic heterocycles. The van der Waals surface area contributed by atoms with Crippen molar-refractivity contribution in [2.75, 3.05) is 7.11 Å². The minimum absolute atomic E-state index is 0.0972. The van der Waals surface area contributed by atoms with Crippen LogP contribution in [0.2, 0.25) is 0 Å². The zero-order chi connectivity index (χ0) is 16.8. The summed E-state index contributed by atoms with van der Waals surface area (Å²) < 4.78 is 12.5. The molecule has 1 aliphatic rings. The van der Waals surface area contributed by atoms with E-state index in [1.807, 2.05) is 28.8 Å². The lowest BCUT2D eigenvalue weighted by atomic mass is 10.0. The molecule has 0 radical (unpaired) electrons. The van der Waals surface area contributed by atoms with E-state index in [0.29, 0.717) is 12.8 Å². The summed E-state index contributed by atoms with van der Waals surface area (Å²) in [6.45, 7) is 5.41. The number of aromatic nitrogens is 1. The van der Waals surface area contributed by atoms with E-state index in [-0.39, 0.29) is 5.78 Å². The van der Waals surface area contributed by atoms with E-state index in [2.05, 4.69) is 0 Å². The fourth-order valence-electron chi connectivity index (χ4n) is 3.02. The Morgan fingerprint density at radius 3 is 2.61 bits per heavy atom. The fourth-order valence-corrected chi connectivity index (χ4v) is 3.02. The zero-order valence-electron chi connectivity index (χ0n) is 13.9. The Hall–Kier alpha value is -2.30. The van der Waals surface area contributed by atoms with E-state index in [0.717, 1.165) is 22.3 Å². The number of hydrogen-bond acceptors (Lipinski definition) is 4. The highest BCUT2D eigenvalue weighted by atomic mass is 16.6. The van der Waals surface area contributed by atoms with Crippen molar-refractivity contribution in [1.29, 1.82) is 0 Å². The second-order valence-corrected chi connectivity index (χ2v) is 6.83. The van der Waals surface area contributed by atoms with E-state index in [4.69, 9.17) is 9.47 Å². The number of fused-ring (bicyclic) bond motifs is 3. The van der Waals surface area contributed by atoms with Crippen LogP contribution < -0.4 is 4.74 Å². The SMILES string of the molecule is COc1ccc2c(c1)cc1n2C(C(=O)OC(C)(C)C)C(=O)CC1. The number of esters is 1. The molecule has 1 atom stereocenters. The first kappa shape index (κ1) is 15.6. The molecule has 5 nitrogen and oxygen atoms in total. The summed E-state index contributed by atoms with van der Waals surface area (Å²) in [6.07, 6.45) is 0.993. The molecule has 0 bridgehead atoms. The summed E-state index contributed by atoms with van der Waals surface area (Å²) in [5.74, 6) is 0.164. The molecule has 0 saturated heterocycles. The number of carbonyl (C=O) groups excluding carboxylic acids is 2. The molecular weight excluding hydrogens is 294 g/mol. The van der Waals surface area contributed by atoms with Crippen LogP contribution in [-0.4, -0.2) is 29.0 Å². The van der Waals surface area contributed by atoms with Crippen molar-refractivity contribution in [3.8, 4) is 5.75 Å². The first-order valence-electron chi connectivity index (χ1n) is 7.73. The topological polar surface area (TPSA) is 57.5 Å². The Balaban J connectivity index is 2.10. The van der Waals surface area contributed by atoms with Crippen molar-refractivity contribution in [2.24, 2.45) is 0 Å². The number of carbonyl (C=O) groups is 2. The van der Waals surface area contributed by atoms with E-state index in [1.54, 1.807) is 27.9 Å². The van der Waals surface area contributed by atoms with E-state index >= 15 is 0 Å². The van der Waals surface area contributed by atoms with Gasteiger partial charge in [-0.3, -0.25) is 4.79 Å². The van der Waals surface area contributed by atoms with Crippen LogP contribution in [0.15, 0.2) is 24.3 Å². The minimum atomic E-state index is -0.899. The number of ether oxygens (including phenoxy) is 2. The Morgan fingerprint density at radius 2 is 1.96 bits per heavy atom. The largest absolute Gasteiger partial charge is 0.497 e. The molecular formula is C18H21NO4. The lowest BCUT2D eigenvalue weighted by molar-refractivity contribution is -0.161. The number of rotatable bonds is 2. The normalized spacial score (nSPS) is 17.9. The van der Waals surface area contributed by atoms with Gasteiger partial charge in [0, 0.05) is 23.0 Å². The highest BCUT2D eigenvalue weighted by Gasteiger charge is 2.37. The van der Waals surface area contributed by atoms with Gasteiger partial charge in [-0.1, -0.05) is 0 Å². The summed E-state index contributed by atoms with van der Waals surface area (Å²) >= 11 is 0. The quantitative estimate of drug-likeness (QED) is 0.631. The molecule has 1 unspecified atom stereocenters. The van der Waals surface area contributed by atoms with Gasteiger partial charge < -0.3 is 14.0 Å². The maximum atomic E-state index is 12.6. The number of methoxy groups -OCH3 is 1. The van der Waals surface area contributed by atoms with Gasteiger partial charge in [0.15, 0.2) is 11.8 Å². The van der Waals surface area contributed by atoms with Gasteiger partial charge in [0.05, 0.1) is 7.11 Å². The van der Waals surface area contributed by atoms with Crippen LogP contribution in [0.25, 0.3) is 10.9 Å². The number of nitrogens with zero attached hydrogens (tertiary/aromatic N) is 1. The summed E-state index contributed by atoms with van der Waals surface area (Å²) in [7, 11) is 1.62. The molecule has 1 aromatic carbocycles. The Morgan fingerprint density at radius 1 is 1.22 bits per heavy atom. The van der Waals surface area contributed by atoms with Crippen molar-refractivity contribution < 1.29 is 19.1 Å². The Bertz CT molecular complexity index is 782. The average Bonchev–Trinajstić information content (AvgIpc) is 2.82. The number of hydrogen-bond donors (Lipinski definition) is 0. The first-order chi connectivity index (χ1) is 10.8. The molecule has 122 valence electrons. The second-order valence-electron chi connectivity index (χ2n) is 6.83. The lowest BCUT2D eigenvalue weighted by Gasteiger charge is -2.28. The third-order valence-corrected chi connectivity index (χ3v) is 3.95. The van der Waals surface area contributed by atoms with Gasteiger partial charge in [-0.15, -0.1) is 0 Å². The molecule has 0 N–H and O–H groups in total. The van der Waals surface area contributed by atoms with Gasteiger partial charge in [-0.25, -0.2) is 4.79 Å². The van der Waals surface area contributed by atoms with Crippen LogP contribution in [0.5, 0.6) is 5.75 Å². The second kappa shape index (κ2) is 5.41. The predicted octanol–water partition coefficient (Wildman–Crippen LogP) is 3.05. The predicted molar refractivity (Wildman–Crippen MR) is 86.7 cm³/mol. The molecule has 2 aromatic rings. The summed E-state index contributed by atoms with van der Waals surface area (Å²) in [5, 5.41) is 0.961. The van der Waals surface area contributed by atoms with Crippen LogP contribution in [-0.2, 0) is 20.7 Å². The molecule has 1 aromatic heterocycles. The van der Waals surface area contributed by atoms with Crippen LogP contribution in [0, 0.1) is 0 Å². The number of benzene rings is 1. The van der Waals surface area contributed by atoms with Crippen LogP contribution >= 0.6 is 0 Å². The minimum Gasteiger partial charge on any atom is -0.497 e. The molecule has 5 heteroatoms. The van der Waals surface area contributed by atoms with Crippen LogP contribution in [0.1, 0.15) is 38.9 Å². The fraction of sp³-hybridized carbons (Fsp3) is 0.444. The van der Waals surface area contributed by atoms with E-state index in [9.17, 15) is 9.59 Å². The van der Waals surface area contributed by atoms with E-state index in [1.165, 1.54) is 0 Å². The standard InChI is InChI=1S/C18H21NO4/c1-18(2,3)23-17(21)16-15(20)8-5-12-9-11-10-13(22-4)6-7-14(11)19(12)16/h6-7,9-10,16H,5,8H2,1-4H3. The van der Waals surface area contributed by atoms with Gasteiger partial charge in [0.25, 0.3) is 0 Å². The van der Waals surface area contributed by atoms with Crippen molar-refractivity contribution in [1.82, 2.24) is 4.57 Å². The average molecular weight is 315 g/mol.